The van der Waals surface area contributed by atoms with Crippen LogP contribution >= 0.6 is 0 Å². The maximum atomic E-state index is 5.64. The van der Waals surface area contributed by atoms with Gasteiger partial charge in [-0.3, -0.25) is 4.57 Å². The molecule has 0 N–H and O–H groups in total. The Morgan fingerprint density at radius 2 is 1.11 bits per heavy atom. The van der Waals surface area contributed by atoms with Gasteiger partial charge in [-0.25, -0.2) is 9.97 Å². The molecule has 2 aliphatic rings. The lowest BCUT2D eigenvalue weighted by atomic mass is 9.66. The third-order valence-corrected chi connectivity index (χ3v) is 12.5. The van der Waals surface area contributed by atoms with Crippen molar-refractivity contribution in [3.63, 3.8) is 0 Å². The molecule has 2 heterocycles. The maximum Gasteiger partial charge on any atom is 0.235 e. The fourth-order valence-electron chi connectivity index (χ4n) is 10.4. The highest BCUT2D eigenvalue weighted by Gasteiger charge is 2.46. The molecule has 10 aromatic rings. The lowest BCUT2D eigenvalue weighted by Gasteiger charge is -2.36. The lowest BCUT2D eigenvalue weighted by molar-refractivity contribution is 0.355. The van der Waals surface area contributed by atoms with E-state index >= 15 is 0 Å². The van der Waals surface area contributed by atoms with Crippen molar-refractivity contribution >= 4 is 65.0 Å². The number of hydrogen-bond acceptors (Lipinski definition) is 2. The highest BCUT2D eigenvalue weighted by atomic mass is 15.2. The van der Waals surface area contributed by atoms with E-state index in [-0.39, 0.29) is 5.41 Å². The van der Waals surface area contributed by atoms with Crippen LogP contribution in [0.2, 0.25) is 0 Å². The first kappa shape index (κ1) is 29.3. The van der Waals surface area contributed by atoms with Crippen LogP contribution in [0.4, 0.5) is 0 Å². The highest BCUT2D eigenvalue weighted by molar-refractivity contribution is 6.30. The second-order valence-corrected chi connectivity index (χ2v) is 15.1. The van der Waals surface area contributed by atoms with Gasteiger partial charge in [0.05, 0.1) is 22.2 Å². The molecule has 0 atom stereocenters. The van der Waals surface area contributed by atoms with Crippen LogP contribution in [0.1, 0.15) is 43.2 Å². The Labute approximate surface area is 307 Å². The van der Waals surface area contributed by atoms with Crippen LogP contribution < -0.4 is 0 Å². The van der Waals surface area contributed by atoms with E-state index in [2.05, 4.69) is 156 Å². The molecular weight excluding hydrogens is 643 g/mol. The number of nitrogens with zero attached hydrogens (tertiary/aromatic N) is 3. The molecule has 0 bridgehead atoms. The van der Waals surface area contributed by atoms with Crippen molar-refractivity contribution in [2.75, 3.05) is 0 Å². The van der Waals surface area contributed by atoms with Gasteiger partial charge < -0.3 is 0 Å². The van der Waals surface area contributed by atoms with E-state index in [4.69, 9.17) is 9.97 Å². The normalized spacial score (nSPS) is 14.9. The average molecular weight is 678 g/mol. The lowest BCUT2D eigenvalue weighted by Crippen LogP contribution is -2.28. The quantitative estimate of drug-likeness (QED) is 0.182. The summed E-state index contributed by atoms with van der Waals surface area (Å²) in [5.41, 5.74) is 11.2. The molecule has 0 radical (unpaired) electrons. The van der Waals surface area contributed by atoms with E-state index in [9.17, 15) is 0 Å². The number of fused-ring (bicyclic) bond motifs is 16. The van der Waals surface area contributed by atoms with Gasteiger partial charge in [0.15, 0.2) is 0 Å². The molecule has 0 aliphatic heterocycles. The number of aromatic nitrogens is 3. The van der Waals surface area contributed by atoms with E-state index in [1.807, 2.05) is 0 Å². The Hall–Kier alpha value is -6.32. The van der Waals surface area contributed by atoms with Crippen LogP contribution in [-0.2, 0) is 5.41 Å². The molecule has 2 aliphatic carbocycles. The molecule has 0 amide bonds. The van der Waals surface area contributed by atoms with Crippen molar-refractivity contribution in [1.82, 2.24) is 14.5 Å². The minimum Gasteiger partial charge on any atom is -0.277 e. The van der Waals surface area contributed by atoms with Gasteiger partial charge in [-0.1, -0.05) is 159 Å². The standard InChI is InChI=1S/C50H35N3/c1-12-29-50(30-13-1)40-25-10-8-22-38(40)43-35-20-6-7-21-37(35)48-45(46(43)50)44-34-19-5-3-16-32(34)27-28-42(44)53(48)49-51-41-26-11-9-23-39(41)47(52-49)36-24-14-17-31-15-2-4-18-33(31)36/h2-11,14-28H,1,12-13,29-30H2. The van der Waals surface area contributed by atoms with Crippen LogP contribution in [0.25, 0.3) is 93.4 Å². The van der Waals surface area contributed by atoms with E-state index in [0.29, 0.717) is 5.95 Å². The summed E-state index contributed by atoms with van der Waals surface area (Å²) in [5.74, 6) is 0.709. The van der Waals surface area contributed by atoms with Gasteiger partial charge in [0.2, 0.25) is 5.95 Å². The largest absolute Gasteiger partial charge is 0.277 e. The van der Waals surface area contributed by atoms with Crippen molar-refractivity contribution in [3.05, 3.63) is 163 Å². The van der Waals surface area contributed by atoms with Crippen LogP contribution in [0.5, 0.6) is 0 Å². The maximum absolute atomic E-state index is 5.64. The van der Waals surface area contributed by atoms with E-state index in [0.717, 1.165) is 27.7 Å². The van der Waals surface area contributed by atoms with Crippen LogP contribution in [0.15, 0.2) is 152 Å². The molecule has 12 rings (SSSR count). The van der Waals surface area contributed by atoms with Crippen LogP contribution in [0.3, 0.4) is 0 Å². The van der Waals surface area contributed by atoms with Gasteiger partial charge in [0.25, 0.3) is 0 Å². The third-order valence-electron chi connectivity index (χ3n) is 12.5. The number of para-hydroxylation sites is 1. The second kappa shape index (κ2) is 10.8. The molecule has 2 aromatic heterocycles. The first-order valence-corrected chi connectivity index (χ1v) is 19.1. The van der Waals surface area contributed by atoms with E-state index < -0.39 is 0 Å². The van der Waals surface area contributed by atoms with E-state index in [1.54, 1.807) is 0 Å². The summed E-state index contributed by atoms with van der Waals surface area (Å²) in [6.45, 7) is 0. The topological polar surface area (TPSA) is 30.7 Å². The number of rotatable bonds is 2. The van der Waals surface area contributed by atoms with Gasteiger partial charge in [-0.2, -0.15) is 0 Å². The fraction of sp³-hybridized carbons (Fsp3) is 0.120. The molecule has 1 spiro atoms. The van der Waals surface area contributed by atoms with Crippen LogP contribution in [0, 0.1) is 0 Å². The summed E-state index contributed by atoms with van der Waals surface area (Å²) in [5, 5.41) is 11.2. The van der Waals surface area contributed by atoms with Crippen molar-refractivity contribution in [3.8, 4) is 28.3 Å². The minimum atomic E-state index is -0.0408. The fourth-order valence-corrected chi connectivity index (χ4v) is 10.4. The summed E-state index contributed by atoms with van der Waals surface area (Å²) in [7, 11) is 0. The molecule has 1 fully saturated rings. The van der Waals surface area contributed by atoms with Crippen molar-refractivity contribution in [1.29, 1.82) is 0 Å². The summed E-state index contributed by atoms with van der Waals surface area (Å²) in [6.07, 6.45) is 6.11. The molecule has 0 unspecified atom stereocenters. The zero-order chi connectivity index (χ0) is 34.7. The van der Waals surface area contributed by atoms with E-state index in [1.165, 1.54) is 103 Å². The molecule has 250 valence electrons. The SMILES string of the molecule is c1ccc2c(c1)-c1c(c3c4c5ccccc5ccc4n(-c4nc(-c5cccc6ccccc56)c5ccccc5n4)c3c3ccccc13)C21CCCCC1. The number of benzene rings is 8. The first-order valence-electron chi connectivity index (χ1n) is 19.1. The summed E-state index contributed by atoms with van der Waals surface area (Å²) in [4.78, 5) is 11.1. The summed E-state index contributed by atoms with van der Waals surface area (Å²) in [6, 6.07) is 55.7. The Morgan fingerprint density at radius 1 is 0.472 bits per heavy atom. The zero-order valence-electron chi connectivity index (χ0n) is 29.3. The van der Waals surface area contributed by atoms with Crippen molar-refractivity contribution < 1.29 is 0 Å². The molecule has 8 aromatic carbocycles. The summed E-state index contributed by atoms with van der Waals surface area (Å²) >= 11 is 0. The summed E-state index contributed by atoms with van der Waals surface area (Å²) < 4.78 is 2.42. The minimum absolute atomic E-state index is 0.0408. The molecule has 3 heteroatoms. The smallest absolute Gasteiger partial charge is 0.235 e. The van der Waals surface area contributed by atoms with Gasteiger partial charge >= 0.3 is 0 Å². The monoisotopic (exact) mass is 677 g/mol. The predicted octanol–water partition coefficient (Wildman–Crippen LogP) is 13.1. The molecule has 3 nitrogen and oxygen atoms in total. The van der Waals surface area contributed by atoms with Gasteiger partial charge in [-0.05, 0) is 74.2 Å². The molecule has 1 saturated carbocycles. The predicted molar refractivity (Wildman–Crippen MR) is 221 cm³/mol. The molecular formula is C50H35N3. The first-order chi connectivity index (χ1) is 26.3. The van der Waals surface area contributed by atoms with Crippen LogP contribution in [-0.4, -0.2) is 14.5 Å². The highest BCUT2D eigenvalue weighted by Crippen LogP contribution is 2.61. The van der Waals surface area contributed by atoms with Gasteiger partial charge in [0.1, 0.15) is 0 Å². The van der Waals surface area contributed by atoms with Crippen molar-refractivity contribution in [2.45, 2.75) is 37.5 Å². The second-order valence-electron chi connectivity index (χ2n) is 15.1. The Kier molecular flexibility index (Phi) is 5.99. The molecule has 0 saturated heterocycles. The van der Waals surface area contributed by atoms with Crippen molar-refractivity contribution in [2.24, 2.45) is 0 Å². The molecule has 53 heavy (non-hydrogen) atoms. The van der Waals surface area contributed by atoms with Gasteiger partial charge in [-0.15, -0.1) is 0 Å². The Balaban J connectivity index is 1.31. The third kappa shape index (κ3) is 3.89. The van der Waals surface area contributed by atoms with Gasteiger partial charge in [0, 0.05) is 32.5 Å². The zero-order valence-corrected chi connectivity index (χ0v) is 29.3. The Morgan fingerprint density at radius 3 is 1.96 bits per heavy atom. The number of hydrogen-bond donors (Lipinski definition) is 0. The Bertz CT molecular complexity index is 3160. The average Bonchev–Trinajstić information content (AvgIpc) is 3.71.